The Morgan fingerprint density at radius 1 is 1.15 bits per heavy atom. The van der Waals surface area contributed by atoms with Crippen LogP contribution < -0.4 is 9.86 Å². The van der Waals surface area contributed by atoms with E-state index in [0.29, 0.717) is 5.69 Å². The van der Waals surface area contributed by atoms with Crippen LogP contribution in [0.2, 0.25) is 0 Å². The van der Waals surface area contributed by atoms with E-state index in [9.17, 15) is 17.6 Å². The fourth-order valence-corrected chi connectivity index (χ4v) is 3.22. The van der Waals surface area contributed by atoms with Crippen molar-refractivity contribution in [3.63, 3.8) is 0 Å². The number of pyridine rings is 1. The minimum absolute atomic E-state index is 0.0247. The van der Waals surface area contributed by atoms with Crippen LogP contribution in [0.4, 0.5) is 10.1 Å². The predicted octanol–water partition coefficient (Wildman–Crippen LogP) is 1.73. The molecule has 0 fully saturated rings. The molecule has 0 radical (unpaired) electrons. The van der Waals surface area contributed by atoms with Gasteiger partial charge < -0.3 is 4.98 Å². The Balaban J connectivity index is 2.47. The molecular weight excluding hydrogens is 283 g/mol. The van der Waals surface area contributed by atoms with Gasteiger partial charge in [0.15, 0.2) is 0 Å². The van der Waals surface area contributed by atoms with E-state index in [4.69, 9.17) is 0 Å². The van der Waals surface area contributed by atoms with Crippen molar-refractivity contribution < 1.29 is 12.8 Å². The molecule has 0 unspecified atom stereocenters. The van der Waals surface area contributed by atoms with Crippen molar-refractivity contribution in [2.45, 2.75) is 11.8 Å². The summed E-state index contributed by atoms with van der Waals surface area (Å²) < 4.78 is 39.0. The molecule has 7 heteroatoms. The molecule has 20 heavy (non-hydrogen) atoms. The first kappa shape index (κ1) is 14.3. The molecule has 1 aromatic carbocycles. The summed E-state index contributed by atoms with van der Waals surface area (Å²) in [4.78, 5) is 13.3. The van der Waals surface area contributed by atoms with Gasteiger partial charge in [-0.05, 0) is 37.3 Å². The van der Waals surface area contributed by atoms with Gasteiger partial charge in [-0.25, -0.2) is 12.8 Å². The number of anilines is 1. The SMILES string of the molecule is CCN(c1ccc(F)cc1)S(=O)(=O)c1ccc(=O)[nH]c1. The second-order valence-electron chi connectivity index (χ2n) is 4.03. The molecular formula is C13H13FN2O3S. The number of nitrogens with zero attached hydrogens (tertiary/aromatic N) is 1. The Morgan fingerprint density at radius 2 is 1.80 bits per heavy atom. The normalized spacial score (nSPS) is 11.3. The molecule has 0 saturated heterocycles. The first-order valence-corrected chi connectivity index (χ1v) is 7.36. The maximum absolute atomic E-state index is 12.9. The number of aromatic amines is 1. The zero-order valence-corrected chi connectivity index (χ0v) is 11.5. The van der Waals surface area contributed by atoms with Crippen LogP contribution in [0.15, 0.2) is 52.3 Å². The molecule has 2 aromatic rings. The number of benzene rings is 1. The molecule has 0 atom stereocenters. The molecule has 1 heterocycles. The van der Waals surface area contributed by atoms with Crippen LogP contribution in [0.3, 0.4) is 0 Å². The summed E-state index contributed by atoms with van der Waals surface area (Å²) in [5, 5.41) is 0. The summed E-state index contributed by atoms with van der Waals surface area (Å²) in [5.74, 6) is -0.439. The fourth-order valence-electron chi connectivity index (χ4n) is 1.78. The van der Waals surface area contributed by atoms with Gasteiger partial charge in [0.1, 0.15) is 10.7 Å². The molecule has 0 saturated carbocycles. The minimum Gasteiger partial charge on any atom is -0.328 e. The standard InChI is InChI=1S/C13H13FN2O3S/c1-2-16(11-5-3-10(14)4-6-11)20(18,19)12-7-8-13(17)15-9-12/h3-9H,2H2,1H3,(H,15,17). The molecule has 0 aliphatic rings. The lowest BCUT2D eigenvalue weighted by Gasteiger charge is -2.22. The highest BCUT2D eigenvalue weighted by atomic mass is 32.2. The second kappa shape index (κ2) is 5.46. The van der Waals surface area contributed by atoms with Crippen molar-refractivity contribution in [2.75, 3.05) is 10.8 Å². The second-order valence-corrected chi connectivity index (χ2v) is 5.90. The van der Waals surface area contributed by atoms with Gasteiger partial charge in [-0.2, -0.15) is 0 Å². The molecule has 0 aliphatic heterocycles. The lowest BCUT2D eigenvalue weighted by Crippen LogP contribution is -2.31. The van der Waals surface area contributed by atoms with E-state index in [1.165, 1.54) is 30.3 Å². The van der Waals surface area contributed by atoms with E-state index in [1.54, 1.807) is 6.92 Å². The van der Waals surface area contributed by atoms with Crippen LogP contribution >= 0.6 is 0 Å². The van der Waals surface area contributed by atoms with Gasteiger partial charge in [0.05, 0.1) is 5.69 Å². The lowest BCUT2D eigenvalue weighted by molar-refractivity contribution is 0.591. The number of hydrogen-bond acceptors (Lipinski definition) is 3. The third-order valence-electron chi connectivity index (χ3n) is 2.75. The van der Waals surface area contributed by atoms with Gasteiger partial charge in [0, 0.05) is 18.8 Å². The Kier molecular flexibility index (Phi) is 3.89. The van der Waals surface area contributed by atoms with Crippen molar-refractivity contribution in [1.29, 1.82) is 0 Å². The van der Waals surface area contributed by atoms with E-state index >= 15 is 0 Å². The monoisotopic (exact) mass is 296 g/mol. The van der Waals surface area contributed by atoms with Gasteiger partial charge in [0.2, 0.25) is 5.56 Å². The van der Waals surface area contributed by atoms with Crippen molar-refractivity contribution in [3.8, 4) is 0 Å². The third-order valence-corrected chi connectivity index (χ3v) is 4.64. The Hall–Kier alpha value is -2.15. The first-order valence-electron chi connectivity index (χ1n) is 5.92. The Labute approximate surface area is 115 Å². The van der Waals surface area contributed by atoms with Crippen molar-refractivity contribution in [3.05, 3.63) is 58.8 Å². The molecule has 1 N–H and O–H groups in total. The third kappa shape index (κ3) is 2.72. The van der Waals surface area contributed by atoms with E-state index in [2.05, 4.69) is 4.98 Å². The number of hydrogen-bond donors (Lipinski definition) is 1. The molecule has 0 aliphatic carbocycles. The summed E-state index contributed by atoms with van der Waals surface area (Å²) in [7, 11) is -3.79. The molecule has 0 bridgehead atoms. The van der Waals surface area contributed by atoms with Crippen LogP contribution in [0.5, 0.6) is 0 Å². The van der Waals surface area contributed by atoms with Crippen LogP contribution in [0.1, 0.15) is 6.92 Å². The largest absolute Gasteiger partial charge is 0.328 e. The van der Waals surface area contributed by atoms with Crippen molar-refractivity contribution >= 4 is 15.7 Å². The number of rotatable bonds is 4. The zero-order chi connectivity index (χ0) is 14.8. The van der Waals surface area contributed by atoms with Gasteiger partial charge in [0.25, 0.3) is 10.0 Å². The van der Waals surface area contributed by atoms with Crippen LogP contribution in [-0.2, 0) is 10.0 Å². The van der Waals surface area contributed by atoms with Gasteiger partial charge >= 0.3 is 0 Å². The zero-order valence-electron chi connectivity index (χ0n) is 10.7. The summed E-state index contributed by atoms with van der Waals surface area (Å²) in [6.45, 7) is 1.86. The van der Waals surface area contributed by atoms with Crippen LogP contribution in [-0.4, -0.2) is 19.9 Å². The number of H-pyrrole nitrogens is 1. The van der Waals surface area contributed by atoms with Gasteiger partial charge in [-0.1, -0.05) is 0 Å². The van der Waals surface area contributed by atoms with Gasteiger partial charge in [-0.15, -0.1) is 0 Å². The van der Waals surface area contributed by atoms with Crippen molar-refractivity contribution in [1.82, 2.24) is 4.98 Å². The number of nitrogens with one attached hydrogen (secondary N) is 1. The highest BCUT2D eigenvalue weighted by Gasteiger charge is 2.23. The smallest absolute Gasteiger partial charge is 0.265 e. The molecule has 1 aromatic heterocycles. The topological polar surface area (TPSA) is 70.2 Å². The first-order chi connectivity index (χ1) is 9.45. The lowest BCUT2D eigenvalue weighted by atomic mass is 10.3. The van der Waals surface area contributed by atoms with E-state index in [1.807, 2.05) is 0 Å². The maximum Gasteiger partial charge on any atom is 0.265 e. The fraction of sp³-hybridized carbons (Fsp3) is 0.154. The number of aromatic nitrogens is 1. The molecule has 5 nitrogen and oxygen atoms in total. The van der Waals surface area contributed by atoms with E-state index in [0.717, 1.165) is 16.6 Å². The van der Waals surface area contributed by atoms with E-state index in [-0.39, 0.29) is 17.0 Å². The average Bonchev–Trinajstić information content (AvgIpc) is 2.42. The summed E-state index contributed by atoms with van der Waals surface area (Å²) in [5.41, 5.74) is -0.0196. The summed E-state index contributed by atoms with van der Waals surface area (Å²) >= 11 is 0. The van der Waals surface area contributed by atoms with E-state index < -0.39 is 15.8 Å². The molecule has 2 rings (SSSR count). The minimum atomic E-state index is -3.79. The quantitative estimate of drug-likeness (QED) is 0.934. The Bertz CT molecular complexity index is 733. The number of halogens is 1. The average molecular weight is 296 g/mol. The van der Waals surface area contributed by atoms with Gasteiger partial charge in [-0.3, -0.25) is 9.10 Å². The van der Waals surface area contributed by atoms with Crippen LogP contribution in [0.25, 0.3) is 0 Å². The maximum atomic E-state index is 12.9. The summed E-state index contributed by atoms with van der Waals surface area (Å²) in [6, 6.07) is 7.55. The highest BCUT2D eigenvalue weighted by molar-refractivity contribution is 7.92. The van der Waals surface area contributed by atoms with Crippen LogP contribution in [0, 0.1) is 5.82 Å². The molecule has 0 spiro atoms. The number of sulfonamides is 1. The molecule has 106 valence electrons. The highest BCUT2D eigenvalue weighted by Crippen LogP contribution is 2.22. The Morgan fingerprint density at radius 3 is 2.30 bits per heavy atom. The van der Waals surface area contributed by atoms with Crippen molar-refractivity contribution in [2.24, 2.45) is 0 Å². The predicted molar refractivity (Wildman–Crippen MR) is 73.7 cm³/mol. The summed E-state index contributed by atoms with van der Waals surface area (Å²) in [6.07, 6.45) is 1.14. The molecule has 0 amide bonds.